The number of aryl methyl sites for hydroxylation is 1. The molecule has 1 unspecified atom stereocenters. The van der Waals surface area contributed by atoms with Crippen LogP contribution in [0.1, 0.15) is 31.7 Å². The molecule has 7 heteroatoms. The van der Waals surface area contributed by atoms with Crippen LogP contribution >= 0.6 is 0 Å². The largest absolute Gasteiger partial charge is 0.396 e. The van der Waals surface area contributed by atoms with Crippen LogP contribution in [-0.4, -0.2) is 88.1 Å². The Morgan fingerprint density at radius 3 is 2.74 bits per heavy atom. The summed E-state index contributed by atoms with van der Waals surface area (Å²) in [7, 11) is 0. The maximum absolute atomic E-state index is 9.41. The van der Waals surface area contributed by atoms with Gasteiger partial charge in [0.2, 0.25) is 0 Å². The van der Waals surface area contributed by atoms with E-state index in [-0.39, 0.29) is 12.0 Å². The molecule has 3 rings (SSSR count). The second-order valence-corrected chi connectivity index (χ2v) is 8.92. The average molecular weight is 432 g/mol. The number of anilines is 1. The van der Waals surface area contributed by atoms with Gasteiger partial charge in [0.1, 0.15) is 0 Å². The van der Waals surface area contributed by atoms with Crippen molar-refractivity contribution < 1.29 is 9.84 Å². The standard InChI is InChI=1S/C24H41N5O2/c1-3-25-23(27-19-24(8-16-30)9-17-31-20-24)26-10-5-11-28-12-14-29(15-13-28)22-7-4-6-21(2)18-22/h4,6-7,18,30H,3,5,8-17,19-20H2,1-2H3,(H2,25,26,27). The van der Waals surface area contributed by atoms with Gasteiger partial charge in [0.25, 0.3) is 0 Å². The topological polar surface area (TPSA) is 72.4 Å². The first kappa shape index (κ1) is 23.8. The Balaban J connectivity index is 1.37. The van der Waals surface area contributed by atoms with Crippen molar-refractivity contribution in [1.82, 2.24) is 15.5 Å². The highest BCUT2D eigenvalue weighted by molar-refractivity contribution is 5.79. The molecule has 1 aromatic carbocycles. The van der Waals surface area contributed by atoms with Gasteiger partial charge in [-0.05, 0) is 57.4 Å². The number of ether oxygens (including phenoxy) is 1. The van der Waals surface area contributed by atoms with Gasteiger partial charge in [-0.2, -0.15) is 0 Å². The van der Waals surface area contributed by atoms with Gasteiger partial charge in [0.05, 0.1) is 13.2 Å². The minimum Gasteiger partial charge on any atom is -0.396 e. The zero-order chi connectivity index (χ0) is 21.9. The summed E-state index contributed by atoms with van der Waals surface area (Å²) in [4.78, 5) is 9.86. The maximum atomic E-state index is 9.41. The summed E-state index contributed by atoms with van der Waals surface area (Å²) in [5.74, 6) is 0.871. The van der Waals surface area contributed by atoms with E-state index in [1.807, 2.05) is 0 Å². The second kappa shape index (κ2) is 12.3. The Bertz CT molecular complexity index is 682. The van der Waals surface area contributed by atoms with E-state index in [4.69, 9.17) is 9.73 Å². The molecule has 0 saturated carbocycles. The van der Waals surface area contributed by atoms with Crippen molar-refractivity contribution in [2.45, 2.75) is 33.1 Å². The molecule has 2 fully saturated rings. The molecule has 0 radical (unpaired) electrons. The van der Waals surface area contributed by atoms with Crippen LogP contribution < -0.4 is 15.5 Å². The Kier molecular flexibility index (Phi) is 9.43. The van der Waals surface area contributed by atoms with Crippen molar-refractivity contribution >= 4 is 11.6 Å². The molecule has 2 saturated heterocycles. The Labute approximate surface area is 187 Å². The van der Waals surface area contributed by atoms with Crippen LogP contribution in [0.25, 0.3) is 0 Å². The summed E-state index contributed by atoms with van der Waals surface area (Å²) in [5, 5.41) is 16.2. The molecule has 174 valence electrons. The van der Waals surface area contributed by atoms with Crippen LogP contribution in [0.3, 0.4) is 0 Å². The molecule has 0 bridgehead atoms. The molecule has 1 aromatic rings. The minimum atomic E-state index is -0.00588. The molecule has 31 heavy (non-hydrogen) atoms. The van der Waals surface area contributed by atoms with E-state index in [9.17, 15) is 5.11 Å². The van der Waals surface area contributed by atoms with Crippen molar-refractivity contribution in [3.05, 3.63) is 29.8 Å². The van der Waals surface area contributed by atoms with Gasteiger partial charge < -0.3 is 25.4 Å². The molecule has 0 spiro atoms. The lowest BCUT2D eigenvalue weighted by Crippen LogP contribution is -2.47. The average Bonchev–Trinajstić information content (AvgIpc) is 3.24. The van der Waals surface area contributed by atoms with Gasteiger partial charge in [-0.3, -0.25) is 9.89 Å². The third kappa shape index (κ3) is 7.37. The first-order chi connectivity index (χ1) is 15.1. The molecular weight excluding hydrogens is 390 g/mol. The minimum absolute atomic E-state index is 0.00588. The van der Waals surface area contributed by atoms with E-state index in [1.165, 1.54) is 11.3 Å². The highest BCUT2D eigenvalue weighted by atomic mass is 16.5. The van der Waals surface area contributed by atoms with E-state index >= 15 is 0 Å². The lowest BCUT2D eigenvalue weighted by atomic mass is 9.84. The SMILES string of the molecule is CCNC(=NCC1(CCO)CCOC1)NCCCN1CCN(c2cccc(C)c2)CC1. The van der Waals surface area contributed by atoms with Crippen LogP contribution in [-0.2, 0) is 4.74 Å². The van der Waals surface area contributed by atoms with Crippen molar-refractivity contribution in [1.29, 1.82) is 0 Å². The van der Waals surface area contributed by atoms with Crippen LogP contribution in [0.15, 0.2) is 29.3 Å². The number of hydrogen-bond acceptors (Lipinski definition) is 5. The van der Waals surface area contributed by atoms with Gasteiger partial charge in [-0.15, -0.1) is 0 Å². The van der Waals surface area contributed by atoms with Gasteiger partial charge in [0, 0.05) is 63.6 Å². The monoisotopic (exact) mass is 431 g/mol. The van der Waals surface area contributed by atoms with Crippen molar-refractivity contribution in [3.8, 4) is 0 Å². The second-order valence-electron chi connectivity index (χ2n) is 8.92. The van der Waals surface area contributed by atoms with E-state index < -0.39 is 0 Å². The molecule has 0 aromatic heterocycles. The summed E-state index contributed by atoms with van der Waals surface area (Å²) in [6.07, 6.45) is 2.83. The van der Waals surface area contributed by atoms with Gasteiger partial charge in [-0.1, -0.05) is 12.1 Å². The van der Waals surface area contributed by atoms with Crippen molar-refractivity contribution in [2.24, 2.45) is 10.4 Å². The predicted octanol–water partition coefficient (Wildman–Crippen LogP) is 1.85. The number of guanidine groups is 1. The Hall–Kier alpha value is -1.83. The Morgan fingerprint density at radius 1 is 1.23 bits per heavy atom. The number of benzene rings is 1. The summed E-state index contributed by atoms with van der Waals surface area (Å²) in [5.41, 5.74) is 2.67. The Morgan fingerprint density at radius 2 is 2.06 bits per heavy atom. The molecular formula is C24H41N5O2. The fraction of sp³-hybridized carbons (Fsp3) is 0.708. The first-order valence-electron chi connectivity index (χ1n) is 11.9. The van der Waals surface area contributed by atoms with Crippen LogP contribution in [0.2, 0.25) is 0 Å². The lowest BCUT2D eigenvalue weighted by Gasteiger charge is -2.36. The number of aliphatic hydroxyl groups excluding tert-OH is 1. The number of piperazine rings is 1. The summed E-state index contributed by atoms with van der Waals surface area (Å²) < 4.78 is 5.58. The molecule has 2 heterocycles. The zero-order valence-electron chi connectivity index (χ0n) is 19.4. The van der Waals surface area contributed by atoms with E-state index in [0.29, 0.717) is 13.2 Å². The number of nitrogens with zero attached hydrogens (tertiary/aromatic N) is 3. The third-order valence-electron chi connectivity index (χ3n) is 6.43. The van der Waals surface area contributed by atoms with Crippen molar-refractivity contribution in [2.75, 3.05) is 77.1 Å². The van der Waals surface area contributed by atoms with Gasteiger partial charge in [0.15, 0.2) is 5.96 Å². The van der Waals surface area contributed by atoms with Crippen LogP contribution in [0.5, 0.6) is 0 Å². The molecule has 3 N–H and O–H groups in total. The first-order valence-corrected chi connectivity index (χ1v) is 11.9. The van der Waals surface area contributed by atoms with Crippen molar-refractivity contribution in [3.63, 3.8) is 0 Å². The number of aliphatic hydroxyl groups is 1. The number of aliphatic imine (C=N–C) groups is 1. The highest BCUT2D eigenvalue weighted by Crippen LogP contribution is 2.32. The van der Waals surface area contributed by atoms with E-state index in [1.54, 1.807) is 0 Å². The van der Waals surface area contributed by atoms with Crippen LogP contribution in [0.4, 0.5) is 5.69 Å². The third-order valence-corrected chi connectivity index (χ3v) is 6.43. The molecule has 7 nitrogen and oxygen atoms in total. The van der Waals surface area contributed by atoms with Gasteiger partial charge >= 0.3 is 0 Å². The molecule has 0 aliphatic carbocycles. The number of hydrogen-bond donors (Lipinski definition) is 3. The summed E-state index contributed by atoms with van der Waals surface area (Å²) >= 11 is 0. The normalized spacial score (nSPS) is 22.7. The predicted molar refractivity (Wildman–Crippen MR) is 128 cm³/mol. The number of rotatable bonds is 10. The summed E-state index contributed by atoms with van der Waals surface area (Å²) in [6.45, 7) is 13.9. The number of nitrogens with one attached hydrogen (secondary N) is 2. The van der Waals surface area contributed by atoms with E-state index in [0.717, 1.165) is 77.6 Å². The molecule has 2 aliphatic heterocycles. The molecule has 1 atom stereocenters. The molecule has 2 aliphatic rings. The summed E-state index contributed by atoms with van der Waals surface area (Å²) in [6, 6.07) is 8.81. The van der Waals surface area contributed by atoms with Crippen LogP contribution in [0, 0.1) is 12.3 Å². The lowest BCUT2D eigenvalue weighted by molar-refractivity contribution is 0.131. The van der Waals surface area contributed by atoms with E-state index in [2.05, 4.69) is 58.5 Å². The fourth-order valence-electron chi connectivity index (χ4n) is 4.44. The quantitative estimate of drug-likeness (QED) is 0.298. The van der Waals surface area contributed by atoms with Gasteiger partial charge in [-0.25, -0.2) is 0 Å². The maximum Gasteiger partial charge on any atom is 0.191 e. The zero-order valence-corrected chi connectivity index (χ0v) is 19.4. The molecule has 0 amide bonds. The smallest absolute Gasteiger partial charge is 0.191 e. The highest BCUT2D eigenvalue weighted by Gasteiger charge is 2.34. The fourth-order valence-corrected chi connectivity index (χ4v) is 4.44.